The molecule has 0 unspecified atom stereocenters. The van der Waals surface area contributed by atoms with Crippen LogP contribution in [-0.4, -0.2) is 36.0 Å². The highest BCUT2D eigenvalue weighted by Gasteiger charge is 2.06. The van der Waals surface area contributed by atoms with Gasteiger partial charge in [0.05, 0.1) is 11.2 Å². The lowest BCUT2D eigenvalue weighted by atomic mass is 10.3. The number of nitrogens with one attached hydrogen (secondary N) is 1. The maximum Gasteiger partial charge on any atom is 0.241 e. The van der Waals surface area contributed by atoms with E-state index < -0.39 is 0 Å². The van der Waals surface area contributed by atoms with Crippen molar-refractivity contribution in [3.05, 3.63) is 40.6 Å². The van der Waals surface area contributed by atoms with Crippen LogP contribution in [0.15, 0.2) is 29.6 Å². The van der Waals surface area contributed by atoms with Crippen LogP contribution in [0.3, 0.4) is 0 Å². The van der Waals surface area contributed by atoms with E-state index in [-0.39, 0.29) is 5.28 Å². The van der Waals surface area contributed by atoms with E-state index in [1.165, 1.54) is 0 Å². The van der Waals surface area contributed by atoms with Gasteiger partial charge < -0.3 is 5.32 Å². The average Bonchev–Trinajstić information content (AvgIpc) is 3.11. The van der Waals surface area contributed by atoms with Crippen LogP contribution >= 0.6 is 22.9 Å². The largest absolute Gasteiger partial charge is 0.354 e. The summed E-state index contributed by atoms with van der Waals surface area (Å²) in [6, 6.07) is 0. The van der Waals surface area contributed by atoms with Crippen molar-refractivity contribution >= 4 is 28.9 Å². The van der Waals surface area contributed by atoms with Gasteiger partial charge in [0, 0.05) is 30.7 Å². The fraction of sp³-hybridized carbons (Fsp3) is 0.182. The Morgan fingerprint density at radius 2 is 2.25 bits per heavy atom. The lowest BCUT2D eigenvalue weighted by molar-refractivity contribution is 0.880. The van der Waals surface area contributed by atoms with Crippen LogP contribution in [0.4, 0.5) is 5.95 Å². The van der Waals surface area contributed by atoms with Gasteiger partial charge in [-0.2, -0.15) is 15.0 Å². The van der Waals surface area contributed by atoms with E-state index in [1.807, 2.05) is 10.9 Å². The molecule has 0 aliphatic rings. The first-order chi connectivity index (χ1) is 9.81. The van der Waals surface area contributed by atoms with Gasteiger partial charge in [-0.3, -0.25) is 4.57 Å². The molecule has 0 fully saturated rings. The minimum Gasteiger partial charge on any atom is -0.354 e. The lowest BCUT2D eigenvalue weighted by Crippen LogP contribution is -2.11. The lowest BCUT2D eigenvalue weighted by Gasteiger charge is -2.06. The first-order valence-electron chi connectivity index (χ1n) is 5.82. The van der Waals surface area contributed by atoms with Crippen molar-refractivity contribution in [2.45, 2.75) is 6.42 Å². The zero-order valence-corrected chi connectivity index (χ0v) is 11.8. The average molecular weight is 308 g/mol. The summed E-state index contributed by atoms with van der Waals surface area (Å²) in [5.74, 6) is 0.864. The van der Waals surface area contributed by atoms with Gasteiger partial charge >= 0.3 is 0 Å². The van der Waals surface area contributed by atoms with Crippen LogP contribution in [-0.2, 0) is 6.42 Å². The van der Waals surface area contributed by atoms with E-state index in [1.54, 1.807) is 34.6 Å². The Balaban J connectivity index is 1.70. The topological polar surface area (TPSA) is 81.4 Å². The first kappa shape index (κ1) is 12.9. The number of rotatable bonds is 5. The molecule has 9 heteroatoms. The van der Waals surface area contributed by atoms with Gasteiger partial charge in [0.1, 0.15) is 6.33 Å². The maximum atomic E-state index is 5.90. The molecule has 20 heavy (non-hydrogen) atoms. The monoisotopic (exact) mass is 307 g/mol. The summed E-state index contributed by atoms with van der Waals surface area (Å²) >= 11 is 7.48. The zero-order chi connectivity index (χ0) is 13.8. The highest BCUT2D eigenvalue weighted by molar-refractivity contribution is 7.07. The van der Waals surface area contributed by atoms with Crippen LogP contribution in [0, 0.1) is 0 Å². The standard InChI is InChI=1S/C11H10ClN7S/c12-9-16-10(14-2-1-8-5-20-7-15-8)18-11(17-9)19-4-3-13-6-19/h3-7H,1-2H2,(H,14,16,17,18). The van der Waals surface area contributed by atoms with Crippen molar-refractivity contribution in [3.63, 3.8) is 0 Å². The third-order valence-corrected chi connectivity index (χ3v) is 3.28. The van der Waals surface area contributed by atoms with Crippen molar-refractivity contribution in [1.82, 2.24) is 29.5 Å². The molecule has 7 nitrogen and oxygen atoms in total. The van der Waals surface area contributed by atoms with Crippen molar-refractivity contribution in [2.75, 3.05) is 11.9 Å². The molecule has 3 aromatic rings. The molecule has 0 radical (unpaired) electrons. The minimum absolute atomic E-state index is 0.139. The summed E-state index contributed by atoms with van der Waals surface area (Å²) in [4.78, 5) is 20.5. The van der Waals surface area contributed by atoms with Crippen molar-refractivity contribution in [1.29, 1.82) is 0 Å². The van der Waals surface area contributed by atoms with E-state index in [0.29, 0.717) is 18.4 Å². The number of hydrogen-bond acceptors (Lipinski definition) is 7. The second kappa shape index (κ2) is 5.93. The second-order valence-electron chi connectivity index (χ2n) is 3.85. The Bertz CT molecular complexity index is 668. The fourth-order valence-electron chi connectivity index (χ4n) is 1.57. The molecule has 0 bridgehead atoms. The Hall–Kier alpha value is -2.06. The number of imidazole rings is 1. The summed E-state index contributed by atoms with van der Waals surface area (Å²) in [6.07, 6.45) is 5.79. The Kier molecular flexibility index (Phi) is 3.84. The number of aromatic nitrogens is 6. The van der Waals surface area contributed by atoms with Gasteiger partial charge in [-0.05, 0) is 11.6 Å². The third-order valence-electron chi connectivity index (χ3n) is 2.48. The zero-order valence-electron chi connectivity index (χ0n) is 10.3. The molecule has 0 saturated carbocycles. The molecule has 102 valence electrons. The minimum atomic E-state index is 0.139. The van der Waals surface area contributed by atoms with E-state index in [4.69, 9.17) is 11.6 Å². The Morgan fingerprint density at radius 3 is 3.00 bits per heavy atom. The highest BCUT2D eigenvalue weighted by Crippen LogP contribution is 2.09. The molecular formula is C11H10ClN7S. The molecule has 3 heterocycles. The van der Waals surface area contributed by atoms with Gasteiger partial charge in [-0.1, -0.05) is 0 Å². The van der Waals surface area contributed by atoms with Crippen LogP contribution in [0.1, 0.15) is 5.69 Å². The number of anilines is 1. The molecule has 3 rings (SSSR count). The van der Waals surface area contributed by atoms with Gasteiger partial charge in [-0.15, -0.1) is 11.3 Å². The van der Waals surface area contributed by atoms with Gasteiger partial charge in [0.15, 0.2) is 0 Å². The number of thiazole rings is 1. The molecule has 0 amide bonds. The first-order valence-corrected chi connectivity index (χ1v) is 7.14. The molecule has 0 atom stereocenters. The summed E-state index contributed by atoms with van der Waals surface area (Å²) in [5, 5.41) is 5.26. The summed E-state index contributed by atoms with van der Waals surface area (Å²) in [5.41, 5.74) is 2.85. The van der Waals surface area contributed by atoms with Crippen LogP contribution < -0.4 is 5.32 Å². The smallest absolute Gasteiger partial charge is 0.241 e. The molecule has 0 saturated heterocycles. The SMILES string of the molecule is Clc1nc(NCCc2cscn2)nc(-n2ccnc2)n1. The normalized spacial score (nSPS) is 10.7. The third kappa shape index (κ3) is 3.09. The fourth-order valence-corrected chi connectivity index (χ4v) is 2.32. The van der Waals surface area contributed by atoms with Crippen molar-refractivity contribution in [3.8, 4) is 5.95 Å². The molecule has 0 spiro atoms. The van der Waals surface area contributed by atoms with Gasteiger partial charge in [0.2, 0.25) is 17.2 Å². The van der Waals surface area contributed by atoms with Crippen LogP contribution in [0.25, 0.3) is 5.95 Å². The van der Waals surface area contributed by atoms with Gasteiger partial charge in [0.25, 0.3) is 0 Å². The molecule has 3 aromatic heterocycles. The Morgan fingerprint density at radius 1 is 1.30 bits per heavy atom. The highest BCUT2D eigenvalue weighted by atomic mass is 35.5. The second-order valence-corrected chi connectivity index (χ2v) is 4.91. The number of hydrogen-bond donors (Lipinski definition) is 1. The van der Waals surface area contributed by atoms with Crippen LogP contribution in [0.5, 0.6) is 0 Å². The van der Waals surface area contributed by atoms with Crippen molar-refractivity contribution < 1.29 is 0 Å². The van der Waals surface area contributed by atoms with Gasteiger partial charge in [-0.25, -0.2) is 9.97 Å². The predicted octanol–water partition coefficient (Wildman–Crippen LogP) is 1.82. The van der Waals surface area contributed by atoms with E-state index in [2.05, 4.69) is 30.2 Å². The van der Waals surface area contributed by atoms with E-state index in [0.717, 1.165) is 12.1 Å². The summed E-state index contributed by atoms with van der Waals surface area (Å²) in [6.45, 7) is 0.674. The number of nitrogens with zero attached hydrogens (tertiary/aromatic N) is 6. The van der Waals surface area contributed by atoms with E-state index in [9.17, 15) is 0 Å². The molecule has 0 aliphatic heterocycles. The Labute approximate surface area is 123 Å². The quantitative estimate of drug-likeness (QED) is 0.774. The molecule has 0 aromatic carbocycles. The van der Waals surface area contributed by atoms with E-state index >= 15 is 0 Å². The summed E-state index contributed by atoms with van der Waals surface area (Å²) in [7, 11) is 0. The molecular weight excluding hydrogens is 298 g/mol. The maximum absolute atomic E-state index is 5.90. The number of halogens is 1. The van der Waals surface area contributed by atoms with Crippen LogP contribution in [0.2, 0.25) is 5.28 Å². The van der Waals surface area contributed by atoms with Crippen molar-refractivity contribution in [2.24, 2.45) is 0 Å². The molecule has 1 N–H and O–H groups in total. The summed E-state index contributed by atoms with van der Waals surface area (Å²) < 4.78 is 1.67. The predicted molar refractivity (Wildman–Crippen MR) is 76.3 cm³/mol. The molecule has 0 aliphatic carbocycles.